The average Bonchev–Trinajstić information content (AvgIpc) is 2.57. The summed E-state index contributed by atoms with van der Waals surface area (Å²) in [6.07, 6.45) is 6.43. The fraction of sp³-hybridized carbons (Fsp3) is 0.571. The first-order chi connectivity index (χ1) is 7.84. The molecule has 1 aromatic rings. The van der Waals surface area contributed by atoms with Gasteiger partial charge in [-0.2, -0.15) is 0 Å². The second-order valence-corrected chi connectivity index (χ2v) is 4.75. The van der Waals surface area contributed by atoms with Crippen LogP contribution >= 0.6 is 0 Å². The van der Waals surface area contributed by atoms with Gasteiger partial charge < -0.3 is 10.4 Å². The van der Waals surface area contributed by atoms with Gasteiger partial charge in [0.1, 0.15) is 5.75 Å². The quantitative estimate of drug-likeness (QED) is 0.819. The second kappa shape index (κ2) is 5.90. The molecule has 0 spiro atoms. The molecular weight excluding hydrogens is 198 g/mol. The highest BCUT2D eigenvalue weighted by Crippen LogP contribution is 2.20. The number of nitrogens with one attached hydrogen (secondary N) is 1. The Bertz CT molecular complexity index is 299. The van der Waals surface area contributed by atoms with Crippen molar-refractivity contribution in [2.75, 3.05) is 13.1 Å². The van der Waals surface area contributed by atoms with E-state index in [2.05, 4.69) is 5.32 Å². The van der Waals surface area contributed by atoms with Gasteiger partial charge in [0.25, 0.3) is 0 Å². The Morgan fingerprint density at radius 2 is 1.94 bits per heavy atom. The summed E-state index contributed by atoms with van der Waals surface area (Å²) < 4.78 is 0. The van der Waals surface area contributed by atoms with Crippen LogP contribution in [0.4, 0.5) is 0 Å². The normalized spacial score (nSPS) is 21.6. The molecule has 0 aromatic heterocycles. The van der Waals surface area contributed by atoms with Crippen molar-refractivity contribution in [2.45, 2.75) is 32.1 Å². The first-order valence-electron chi connectivity index (χ1n) is 6.33. The van der Waals surface area contributed by atoms with Crippen LogP contribution in [0, 0.1) is 5.92 Å². The highest BCUT2D eigenvalue weighted by Gasteiger charge is 2.11. The number of phenols is 1. The standard InChI is InChI=1S/C14H21NO/c16-14-7-5-13(6-8-14)4-3-12-2-1-10-15-11-9-12/h5-8,12,15-16H,1-4,9-11H2. The summed E-state index contributed by atoms with van der Waals surface area (Å²) >= 11 is 0. The van der Waals surface area contributed by atoms with E-state index >= 15 is 0 Å². The predicted molar refractivity (Wildman–Crippen MR) is 66.6 cm³/mol. The maximum absolute atomic E-state index is 9.20. The first kappa shape index (κ1) is 11.5. The third kappa shape index (κ3) is 3.53. The molecule has 88 valence electrons. The lowest BCUT2D eigenvalue weighted by molar-refractivity contribution is 0.438. The highest BCUT2D eigenvalue weighted by molar-refractivity contribution is 5.25. The fourth-order valence-corrected chi connectivity index (χ4v) is 2.41. The van der Waals surface area contributed by atoms with Crippen molar-refractivity contribution in [3.63, 3.8) is 0 Å². The fourth-order valence-electron chi connectivity index (χ4n) is 2.41. The van der Waals surface area contributed by atoms with Gasteiger partial charge in [-0.05, 0) is 68.8 Å². The molecule has 0 amide bonds. The van der Waals surface area contributed by atoms with Crippen molar-refractivity contribution in [1.29, 1.82) is 0 Å². The topological polar surface area (TPSA) is 32.3 Å². The molecule has 1 unspecified atom stereocenters. The molecule has 2 heteroatoms. The van der Waals surface area contributed by atoms with E-state index < -0.39 is 0 Å². The summed E-state index contributed by atoms with van der Waals surface area (Å²) in [5.74, 6) is 1.24. The molecule has 1 aliphatic heterocycles. The van der Waals surface area contributed by atoms with E-state index in [1.54, 1.807) is 12.1 Å². The zero-order valence-corrected chi connectivity index (χ0v) is 9.78. The summed E-state index contributed by atoms with van der Waals surface area (Å²) in [5.41, 5.74) is 1.34. The summed E-state index contributed by atoms with van der Waals surface area (Å²) in [4.78, 5) is 0. The van der Waals surface area contributed by atoms with Crippen LogP contribution < -0.4 is 5.32 Å². The van der Waals surface area contributed by atoms with Crippen LogP contribution in [-0.4, -0.2) is 18.2 Å². The molecule has 1 aliphatic rings. The summed E-state index contributed by atoms with van der Waals surface area (Å²) in [6, 6.07) is 7.63. The molecular formula is C14H21NO. The van der Waals surface area contributed by atoms with Crippen molar-refractivity contribution >= 4 is 0 Å². The van der Waals surface area contributed by atoms with E-state index in [-0.39, 0.29) is 0 Å². The summed E-state index contributed by atoms with van der Waals surface area (Å²) in [5, 5.41) is 12.7. The smallest absolute Gasteiger partial charge is 0.115 e. The minimum absolute atomic E-state index is 0.363. The number of aromatic hydroxyl groups is 1. The number of rotatable bonds is 3. The van der Waals surface area contributed by atoms with E-state index in [4.69, 9.17) is 0 Å². The van der Waals surface area contributed by atoms with Gasteiger partial charge in [0.05, 0.1) is 0 Å². The number of phenolic OH excluding ortho intramolecular Hbond substituents is 1. The lowest BCUT2D eigenvalue weighted by Crippen LogP contribution is -2.14. The van der Waals surface area contributed by atoms with Gasteiger partial charge >= 0.3 is 0 Å². The van der Waals surface area contributed by atoms with Gasteiger partial charge in [-0.15, -0.1) is 0 Å². The molecule has 0 bridgehead atoms. The summed E-state index contributed by atoms with van der Waals surface area (Å²) in [7, 11) is 0. The Morgan fingerprint density at radius 1 is 1.12 bits per heavy atom. The molecule has 1 fully saturated rings. The maximum atomic E-state index is 9.20. The lowest BCUT2D eigenvalue weighted by Gasteiger charge is -2.13. The van der Waals surface area contributed by atoms with Crippen molar-refractivity contribution < 1.29 is 5.11 Å². The van der Waals surface area contributed by atoms with Gasteiger partial charge in [-0.3, -0.25) is 0 Å². The largest absolute Gasteiger partial charge is 0.508 e. The van der Waals surface area contributed by atoms with Crippen LogP contribution in [0.2, 0.25) is 0 Å². The van der Waals surface area contributed by atoms with Gasteiger partial charge in [0.2, 0.25) is 0 Å². The molecule has 0 radical (unpaired) electrons. The number of benzene rings is 1. The van der Waals surface area contributed by atoms with Gasteiger partial charge in [-0.25, -0.2) is 0 Å². The van der Waals surface area contributed by atoms with Crippen molar-refractivity contribution in [1.82, 2.24) is 5.32 Å². The van der Waals surface area contributed by atoms with E-state index in [1.165, 1.54) is 44.3 Å². The Morgan fingerprint density at radius 3 is 2.75 bits per heavy atom. The molecule has 0 aliphatic carbocycles. The molecule has 2 rings (SSSR count). The highest BCUT2D eigenvalue weighted by atomic mass is 16.3. The van der Waals surface area contributed by atoms with Crippen molar-refractivity contribution in [3.8, 4) is 5.75 Å². The minimum Gasteiger partial charge on any atom is -0.508 e. The summed E-state index contributed by atoms with van der Waals surface area (Å²) in [6.45, 7) is 2.37. The predicted octanol–water partition coefficient (Wildman–Crippen LogP) is 2.71. The van der Waals surface area contributed by atoms with Gasteiger partial charge in [-0.1, -0.05) is 12.1 Å². The van der Waals surface area contributed by atoms with E-state index in [0.29, 0.717) is 5.75 Å². The Hall–Kier alpha value is -1.02. The maximum Gasteiger partial charge on any atom is 0.115 e. The third-order valence-electron chi connectivity index (χ3n) is 3.47. The molecule has 0 saturated carbocycles. The van der Waals surface area contributed by atoms with Gasteiger partial charge in [0.15, 0.2) is 0 Å². The monoisotopic (exact) mass is 219 g/mol. The SMILES string of the molecule is Oc1ccc(CCC2CCCNCC2)cc1. The molecule has 1 atom stereocenters. The zero-order valence-electron chi connectivity index (χ0n) is 9.78. The second-order valence-electron chi connectivity index (χ2n) is 4.75. The van der Waals surface area contributed by atoms with Crippen LogP contribution in [0.1, 0.15) is 31.2 Å². The van der Waals surface area contributed by atoms with Crippen LogP contribution in [0.25, 0.3) is 0 Å². The van der Waals surface area contributed by atoms with E-state index in [9.17, 15) is 5.11 Å². The van der Waals surface area contributed by atoms with Crippen LogP contribution in [-0.2, 0) is 6.42 Å². The Balaban J connectivity index is 1.79. The van der Waals surface area contributed by atoms with E-state index in [1.807, 2.05) is 12.1 Å². The van der Waals surface area contributed by atoms with Crippen molar-refractivity contribution in [3.05, 3.63) is 29.8 Å². The van der Waals surface area contributed by atoms with E-state index in [0.717, 1.165) is 12.3 Å². The van der Waals surface area contributed by atoms with Crippen LogP contribution in [0.3, 0.4) is 0 Å². The number of hydrogen-bond donors (Lipinski definition) is 2. The Labute approximate surface area is 97.7 Å². The number of aryl methyl sites for hydroxylation is 1. The zero-order chi connectivity index (χ0) is 11.2. The van der Waals surface area contributed by atoms with Crippen LogP contribution in [0.15, 0.2) is 24.3 Å². The molecule has 1 aromatic carbocycles. The molecule has 1 heterocycles. The van der Waals surface area contributed by atoms with Crippen molar-refractivity contribution in [2.24, 2.45) is 5.92 Å². The van der Waals surface area contributed by atoms with Crippen LogP contribution in [0.5, 0.6) is 5.75 Å². The van der Waals surface area contributed by atoms with Gasteiger partial charge in [0, 0.05) is 0 Å². The third-order valence-corrected chi connectivity index (χ3v) is 3.47. The number of hydrogen-bond acceptors (Lipinski definition) is 2. The average molecular weight is 219 g/mol. The molecule has 1 saturated heterocycles. The Kier molecular flexibility index (Phi) is 4.23. The molecule has 2 nitrogen and oxygen atoms in total. The molecule has 16 heavy (non-hydrogen) atoms. The molecule has 2 N–H and O–H groups in total. The first-order valence-corrected chi connectivity index (χ1v) is 6.33. The minimum atomic E-state index is 0.363. The lowest BCUT2D eigenvalue weighted by atomic mass is 9.93.